The maximum Gasteiger partial charge on any atom is 0.261 e. The van der Waals surface area contributed by atoms with Crippen LogP contribution < -0.4 is 4.72 Å². The number of hydrogen-bond acceptors (Lipinski definition) is 3. The molecule has 1 aliphatic rings. The van der Waals surface area contributed by atoms with Gasteiger partial charge >= 0.3 is 0 Å². The molecule has 1 unspecified atom stereocenters. The van der Waals surface area contributed by atoms with E-state index in [0.29, 0.717) is 12.1 Å². The Morgan fingerprint density at radius 2 is 1.69 bits per heavy atom. The summed E-state index contributed by atoms with van der Waals surface area (Å²) in [5.41, 5.74) is 4.11. The zero-order chi connectivity index (χ0) is 20.4. The maximum absolute atomic E-state index is 13.2. The monoisotopic (exact) mass is 410 g/mol. The Kier molecular flexibility index (Phi) is 5.39. The molecular weight excluding hydrogens is 387 g/mol. The van der Waals surface area contributed by atoms with Gasteiger partial charge in [0.1, 0.15) is 5.82 Å². The summed E-state index contributed by atoms with van der Waals surface area (Å²) in [5.74, 6) is -0.469. The van der Waals surface area contributed by atoms with Gasteiger partial charge in [-0.3, -0.25) is 9.62 Å². The van der Waals surface area contributed by atoms with Crippen molar-refractivity contribution < 1.29 is 12.8 Å². The van der Waals surface area contributed by atoms with E-state index in [2.05, 4.69) is 34.9 Å². The second-order valence-corrected chi connectivity index (χ2v) is 9.05. The molecule has 150 valence electrons. The number of anilines is 1. The van der Waals surface area contributed by atoms with E-state index in [1.807, 2.05) is 24.3 Å². The fourth-order valence-corrected chi connectivity index (χ4v) is 4.97. The second-order valence-electron chi connectivity index (χ2n) is 7.37. The van der Waals surface area contributed by atoms with Crippen molar-refractivity contribution in [1.82, 2.24) is 4.90 Å². The number of nitrogens with one attached hydrogen (secondary N) is 1. The molecule has 3 aromatic carbocycles. The molecule has 0 aliphatic carbocycles. The van der Waals surface area contributed by atoms with Crippen LogP contribution in [0.2, 0.25) is 0 Å². The molecule has 4 nitrogen and oxygen atoms in total. The summed E-state index contributed by atoms with van der Waals surface area (Å²) in [7, 11) is -1.69. The first-order chi connectivity index (χ1) is 13.9. The van der Waals surface area contributed by atoms with Crippen molar-refractivity contribution in [3.63, 3.8) is 0 Å². The summed E-state index contributed by atoms with van der Waals surface area (Å²) in [6.07, 6.45) is 1.71. The summed E-state index contributed by atoms with van der Waals surface area (Å²) in [6.45, 7) is 0.963. The lowest BCUT2D eigenvalue weighted by Crippen LogP contribution is -2.33. The number of benzene rings is 3. The van der Waals surface area contributed by atoms with Gasteiger partial charge in [-0.2, -0.15) is 0 Å². The van der Waals surface area contributed by atoms with Crippen molar-refractivity contribution in [2.45, 2.75) is 23.8 Å². The molecule has 29 heavy (non-hydrogen) atoms. The van der Waals surface area contributed by atoms with Crippen LogP contribution in [0.5, 0.6) is 0 Å². The van der Waals surface area contributed by atoms with Crippen LogP contribution in [0, 0.1) is 5.82 Å². The van der Waals surface area contributed by atoms with Crippen LogP contribution in [0.25, 0.3) is 0 Å². The smallest absolute Gasteiger partial charge is 0.261 e. The van der Waals surface area contributed by atoms with Gasteiger partial charge in [-0.25, -0.2) is 12.8 Å². The van der Waals surface area contributed by atoms with E-state index in [-0.39, 0.29) is 10.9 Å². The molecule has 0 radical (unpaired) electrons. The zero-order valence-corrected chi connectivity index (χ0v) is 17.0. The number of likely N-dealkylation sites (N-methyl/N-ethyl adjacent to an activating group) is 1. The van der Waals surface area contributed by atoms with Crippen molar-refractivity contribution in [2.24, 2.45) is 0 Å². The standard InChI is InChI=1S/C23H23FN2O2S/c1-26-15-14-17-6-2-4-8-21(17)23(26)16-18-7-3-5-9-22(18)25-29(27,28)20-12-10-19(24)11-13-20/h2-13,23,25H,14-16H2,1H3. The number of sulfonamides is 1. The maximum atomic E-state index is 13.2. The predicted octanol–water partition coefficient (Wildman–Crippen LogP) is 4.40. The van der Waals surface area contributed by atoms with Crippen LogP contribution in [0.15, 0.2) is 77.7 Å². The highest BCUT2D eigenvalue weighted by Crippen LogP contribution is 2.33. The van der Waals surface area contributed by atoms with Gasteiger partial charge in [0.25, 0.3) is 10.0 Å². The molecule has 0 amide bonds. The topological polar surface area (TPSA) is 49.4 Å². The van der Waals surface area contributed by atoms with Gasteiger partial charge in [-0.05, 0) is 66.9 Å². The number of nitrogens with zero attached hydrogens (tertiary/aromatic N) is 1. The van der Waals surface area contributed by atoms with Crippen LogP contribution in [-0.2, 0) is 22.9 Å². The third kappa shape index (κ3) is 4.18. The van der Waals surface area contributed by atoms with Crippen LogP contribution in [0.4, 0.5) is 10.1 Å². The van der Waals surface area contributed by atoms with Crippen LogP contribution in [-0.4, -0.2) is 26.9 Å². The van der Waals surface area contributed by atoms with Gasteiger partial charge in [0.2, 0.25) is 0 Å². The van der Waals surface area contributed by atoms with Crippen molar-refractivity contribution in [3.8, 4) is 0 Å². The summed E-state index contributed by atoms with van der Waals surface area (Å²) in [4.78, 5) is 2.35. The van der Waals surface area contributed by atoms with Crippen LogP contribution in [0.3, 0.4) is 0 Å². The normalized spacial score (nSPS) is 17.0. The third-order valence-electron chi connectivity index (χ3n) is 5.48. The summed E-state index contributed by atoms with van der Waals surface area (Å²) in [5, 5.41) is 0. The molecule has 0 saturated carbocycles. The molecule has 1 N–H and O–H groups in total. The fraction of sp³-hybridized carbons (Fsp3) is 0.217. The highest BCUT2D eigenvalue weighted by molar-refractivity contribution is 7.92. The number of hydrogen-bond donors (Lipinski definition) is 1. The number of rotatable bonds is 5. The molecule has 6 heteroatoms. The quantitative estimate of drug-likeness (QED) is 0.678. The van der Waals surface area contributed by atoms with Crippen molar-refractivity contribution in [2.75, 3.05) is 18.3 Å². The molecule has 0 spiro atoms. The fourth-order valence-electron chi connectivity index (χ4n) is 3.87. The largest absolute Gasteiger partial charge is 0.299 e. The predicted molar refractivity (Wildman–Crippen MR) is 113 cm³/mol. The van der Waals surface area contributed by atoms with Crippen LogP contribution in [0.1, 0.15) is 22.7 Å². The van der Waals surface area contributed by atoms with E-state index in [1.54, 1.807) is 6.07 Å². The second kappa shape index (κ2) is 7.97. The van der Waals surface area contributed by atoms with E-state index < -0.39 is 15.8 Å². The minimum atomic E-state index is -3.80. The highest BCUT2D eigenvalue weighted by Gasteiger charge is 2.26. The van der Waals surface area contributed by atoms with Gasteiger partial charge in [0.15, 0.2) is 0 Å². The van der Waals surface area contributed by atoms with Gasteiger partial charge in [-0.15, -0.1) is 0 Å². The Morgan fingerprint density at radius 3 is 2.48 bits per heavy atom. The molecule has 1 aliphatic heterocycles. The van der Waals surface area contributed by atoms with Gasteiger partial charge in [0.05, 0.1) is 10.6 Å². The van der Waals surface area contributed by atoms with E-state index in [1.165, 1.54) is 23.3 Å². The summed E-state index contributed by atoms with van der Waals surface area (Å²) >= 11 is 0. The van der Waals surface area contributed by atoms with Gasteiger partial charge in [0, 0.05) is 12.6 Å². The van der Waals surface area contributed by atoms with Gasteiger partial charge in [-0.1, -0.05) is 42.5 Å². The average Bonchev–Trinajstić information content (AvgIpc) is 2.71. The molecule has 1 atom stereocenters. The minimum Gasteiger partial charge on any atom is -0.299 e. The number of fused-ring (bicyclic) bond motifs is 1. The zero-order valence-electron chi connectivity index (χ0n) is 16.2. The molecule has 0 bridgehead atoms. The summed E-state index contributed by atoms with van der Waals surface area (Å²) < 4.78 is 41.4. The molecule has 1 heterocycles. The van der Waals surface area contributed by atoms with E-state index >= 15 is 0 Å². The van der Waals surface area contributed by atoms with E-state index in [0.717, 1.165) is 30.7 Å². The van der Waals surface area contributed by atoms with Crippen molar-refractivity contribution in [3.05, 3.63) is 95.3 Å². The Balaban J connectivity index is 1.63. The SMILES string of the molecule is CN1CCc2ccccc2C1Cc1ccccc1NS(=O)(=O)c1ccc(F)cc1. The highest BCUT2D eigenvalue weighted by atomic mass is 32.2. The Hall–Kier alpha value is -2.70. The third-order valence-corrected chi connectivity index (χ3v) is 6.86. The lowest BCUT2D eigenvalue weighted by Gasteiger charge is -2.35. The number of para-hydroxylation sites is 1. The molecule has 0 aromatic heterocycles. The lowest BCUT2D eigenvalue weighted by molar-refractivity contribution is 0.229. The first-order valence-electron chi connectivity index (χ1n) is 9.58. The minimum absolute atomic E-state index is 0.0360. The van der Waals surface area contributed by atoms with Crippen LogP contribution >= 0.6 is 0 Å². The van der Waals surface area contributed by atoms with Crippen molar-refractivity contribution >= 4 is 15.7 Å². The first kappa shape index (κ1) is 19.6. The Labute approximate surface area is 171 Å². The molecule has 0 saturated heterocycles. The van der Waals surface area contributed by atoms with Crippen molar-refractivity contribution in [1.29, 1.82) is 0 Å². The summed E-state index contributed by atoms with van der Waals surface area (Å²) in [6, 6.07) is 20.9. The Bertz CT molecular complexity index is 1110. The Morgan fingerprint density at radius 1 is 1.00 bits per heavy atom. The molecule has 3 aromatic rings. The molecule has 0 fully saturated rings. The molecular formula is C23H23FN2O2S. The first-order valence-corrected chi connectivity index (χ1v) is 11.1. The van der Waals surface area contributed by atoms with E-state index in [9.17, 15) is 12.8 Å². The van der Waals surface area contributed by atoms with E-state index in [4.69, 9.17) is 0 Å². The molecule has 4 rings (SSSR count). The lowest BCUT2D eigenvalue weighted by atomic mass is 9.89. The average molecular weight is 411 g/mol. The number of halogens is 1. The van der Waals surface area contributed by atoms with Gasteiger partial charge < -0.3 is 0 Å².